The lowest BCUT2D eigenvalue weighted by Crippen LogP contribution is -2.31. The second-order valence-corrected chi connectivity index (χ2v) is 23.4. The Morgan fingerprint density at radius 2 is 0.778 bits per heavy atom. The van der Waals surface area contributed by atoms with Crippen molar-refractivity contribution in [3.63, 3.8) is 0 Å². The molecule has 0 spiro atoms. The third-order valence-corrected chi connectivity index (χ3v) is 16.2. The zero-order valence-corrected chi connectivity index (χ0v) is 56.7. The van der Waals surface area contributed by atoms with E-state index in [1.54, 1.807) is 107 Å². The van der Waals surface area contributed by atoms with Crippen molar-refractivity contribution >= 4 is 64.2 Å². The molecule has 27 heteroatoms. The summed E-state index contributed by atoms with van der Waals surface area (Å²) in [5, 5.41) is 59.9. The lowest BCUT2D eigenvalue weighted by Gasteiger charge is -2.07. The highest BCUT2D eigenvalue weighted by molar-refractivity contribution is 7.71. The van der Waals surface area contributed by atoms with Gasteiger partial charge in [-0.25, -0.2) is 34.3 Å². The van der Waals surface area contributed by atoms with Gasteiger partial charge in [0.1, 0.15) is 20.7 Å². The van der Waals surface area contributed by atoms with Crippen LogP contribution in [0.3, 0.4) is 0 Å². The van der Waals surface area contributed by atoms with Crippen LogP contribution in [0.5, 0.6) is 34.5 Å². The van der Waals surface area contributed by atoms with Gasteiger partial charge < -0.3 is 36.0 Å². The van der Waals surface area contributed by atoms with E-state index in [1.807, 2.05) is 40.1 Å². The van der Waals surface area contributed by atoms with Crippen LogP contribution in [-0.4, -0.2) is 92.9 Å². The first kappa shape index (κ1) is 73.2. The number of nitrogens with one attached hydrogen (secondary N) is 1. The Balaban J connectivity index is 0.000000153. The first-order valence-corrected chi connectivity index (χ1v) is 32.6. The summed E-state index contributed by atoms with van der Waals surface area (Å²) in [6.07, 6.45) is 27.6. The van der Waals surface area contributed by atoms with E-state index >= 15 is 0 Å². The SMILES string of the molecule is CC(C)c1cnc2c(O)cccn2c1=O.CCCCc1cnc2c(O)cccn2c1=O.CCCCc1cnc2c(O)cccn2c1=S.CCCc1cnc2c(O)cccn2c1=O.CCc1cnc2c(O)cccn2c1=S.O=C(NCc1ccc(F)cc1)c1cnc2c(O)cccn2c1=O. The summed E-state index contributed by atoms with van der Waals surface area (Å²) < 4.78 is 23.0. The van der Waals surface area contributed by atoms with E-state index in [2.05, 4.69) is 49.1 Å². The molecule has 0 aliphatic rings. The highest BCUT2D eigenvalue weighted by Crippen LogP contribution is 2.21. The molecule has 0 aliphatic heterocycles. The maximum atomic E-state index is 12.8. The van der Waals surface area contributed by atoms with Gasteiger partial charge in [0.05, 0.1) is 0 Å². The average molecular weight is 1380 g/mol. The molecule has 7 N–H and O–H groups in total. The van der Waals surface area contributed by atoms with Crippen LogP contribution in [0.25, 0.3) is 33.9 Å². The lowest BCUT2D eigenvalue weighted by atomic mass is 10.1. The molecule has 512 valence electrons. The molecular weight excluding hydrogens is 1310 g/mol. The fourth-order valence-corrected chi connectivity index (χ4v) is 10.6. The van der Waals surface area contributed by atoms with Gasteiger partial charge in [-0.3, -0.25) is 50.4 Å². The quantitative estimate of drug-likeness (QED) is 0.0527. The van der Waals surface area contributed by atoms with Gasteiger partial charge in [0, 0.05) is 109 Å². The molecule has 0 saturated heterocycles. The predicted molar refractivity (Wildman–Crippen MR) is 380 cm³/mol. The van der Waals surface area contributed by atoms with E-state index < -0.39 is 11.5 Å². The van der Waals surface area contributed by atoms with Gasteiger partial charge >= 0.3 is 0 Å². The van der Waals surface area contributed by atoms with Gasteiger partial charge in [-0.15, -0.1) is 0 Å². The molecule has 0 fully saturated rings. The van der Waals surface area contributed by atoms with Crippen LogP contribution in [0.1, 0.15) is 123 Å². The standard InChI is InChI=1S/C16H12FN3O3.C12H14N2O2.C12H14N2OS.2C11H12N2O2.C10H10N2OS/c17-11-5-3-10(4-6-11)8-19-15(22)12-9-18-14-13(21)2-1-7-20(14)16(12)23;2*1-2-3-5-9-8-13-11-10(15)6-4-7-14(11)12(9)16;1-7(2)8-6-12-10-9(14)4-3-5-13(10)11(8)15;1-2-4-8-7-12-10-9(14)5-3-6-13(10)11(8)15;1-2-7-6-11-9-8(13)4-3-5-12(9)10(7)14/h1-7,9,21H,8H2,(H,19,22);2*4,6-8,15H,2-3,5H2,1H3;3-7,14H,1-2H3;3,5-7,14H,2,4H2,1H3;3-6,13H,2H2,1H3. The second-order valence-electron chi connectivity index (χ2n) is 22.6. The molecule has 0 radical (unpaired) electrons. The molecule has 0 aliphatic carbocycles. The number of nitrogens with zero attached hydrogens (tertiary/aromatic N) is 12. The number of carbonyl (C=O) groups excluding carboxylic acids is 1. The number of rotatable bonds is 13. The van der Waals surface area contributed by atoms with E-state index in [0.717, 1.165) is 77.7 Å². The highest BCUT2D eigenvalue weighted by atomic mass is 32.1. The minimum atomic E-state index is -0.593. The van der Waals surface area contributed by atoms with E-state index in [4.69, 9.17) is 24.4 Å². The van der Waals surface area contributed by atoms with Crippen LogP contribution < -0.4 is 27.6 Å². The molecule has 0 unspecified atom stereocenters. The van der Waals surface area contributed by atoms with Crippen LogP contribution in [0, 0.1) is 15.1 Å². The molecule has 0 atom stereocenters. The molecule has 99 heavy (non-hydrogen) atoms. The van der Waals surface area contributed by atoms with Crippen LogP contribution in [-0.2, 0) is 32.2 Å². The van der Waals surface area contributed by atoms with Crippen molar-refractivity contribution in [3.8, 4) is 34.5 Å². The van der Waals surface area contributed by atoms with E-state index in [9.17, 15) is 59.0 Å². The number of benzene rings is 1. The Morgan fingerprint density at radius 1 is 0.434 bits per heavy atom. The number of aromatic hydroxyl groups is 6. The Morgan fingerprint density at radius 3 is 1.19 bits per heavy atom. The number of aryl methyl sites for hydroxylation is 4. The number of amides is 1. The molecule has 13 rings (SSSR count). The van der Waals surface area contributed by atoms with Gasteiger partial charge in [0.15, 0.2) is 68.4 Å². The summed E-state index contributed by atoms with van der Waals surface area (Å²) >= 11 is 10.6. The number of carbonyl (C=O) groups is 1. The Kier molecular flexibility index (Phi) is 25.4. The van der Waals surface area contributed by atoms with Crippen LogP contribution in [0.4, 0.5) is 4.39 Å². The predicted octanol–water partition coefficient (Wildman–Crippen LogP) is 11.5. The van der Waals surface area contributed by atoms with Gasteiger partial charge in [-0.1, -0.05) is 97.4 Å². The minimum absolute atomic E-state index is 0.0184. The topological polar surface area (TPSA) is 323 Å². The molecule has 12 heterocycles. The van der Waals surface area contributed by atoms with E-state index in [-0.39, 0.29) is 80.7 Å². The molecule has 0 saturated carbocycles. The second kappa shape index (κ2) is 34.4. The van der Waals surface area contributed by atoms with Crippen LogP contribution >= 0.6 is 24.4 Å². The van der Waals surface area contributed by atoms with E-state index in [1.165, 1.54) is 68.1 Å². The van der Waals surface area contributed by atoms with Crippen LogP contribution in [0.2, 0.25) is 0 Å². The number of halogens is 1. The molecule has 24 nitrogen and oxygen atoms in total. The largest absolute Gasteiger partial charge is 0.504 e. The van der Waals surface area contributed by atoms with Crippen molar-refractivity contribution in [2.75, 3.05) is 0 Å². The maximum absolute atomic E-state index is 12.8. The summed E-state index contributed by atoms with van der Waals surface area (Å²) in [7, 11) is 0. The summed E-state index contributed by atoms with van der Waals surface area (Å²) in [4.78, 5) is 84.8. The van der Waals surface area contributed by atoms with Crippen molar-refractivity contribution in [2.24, 2.45) is 0 Å². The molecule has 0 bridgehead atoms. The van der Waals surface area contributed by atoms with Gasteiger partial charge in [0.2, 0.25) is 0 Å². The Hall–Kier alpha value is -11.6. The number of fused-ring (bicyclic) bond motifs is 6. The first-order valence-electron chi connectivity index (χ1n) is 31.8. The zero-order valence-electron chi connectivity index (χ0n) is 55.1. The van der Waals surface area contributed by atoms with Crippen LogP contribution in [0.15, 0.2) is 191 Å². The third-order valence-electron chi connectivity index (χ3n) is 15.3. The Bertz CT molecular complexity index is 5310. The monoisotopic (exact) mass is 1380 g/mol. The summed E-state index contributed by atoms with van der Waals surface area (Å²) in [6.45, 7) is 12.3. The normalized spacial score (nSPS) is 10.8. The first-order chi connectivity index (χ1) is 47.6. The van der Waals surface area contributed by atoms with Crippen molar-refractivity contribution < 1.29 is 39.8 Å². The van der Waals surface area contributed by atoms with Crippen molar-refractivity contribution in [1.29, 1.82) is 0 Å². The minimum Gasteiger partial charge on any atom is -0.504 e. The zero-order chi connectivity index (χ0) is 71.4. The van der Waals surface area contributed by atoms with Crippen molar-refractivity contribution in [2.45, 2.75) is 112 Å². The fourth-order valence-electron chi connectivity index (χ4n) is 9.91. The molecule has 1 amide bonds. The summed E-state index contributed by atoms with van der Waals surface area (Å²) in [5.74, 6) is -0.588. The Labute approximate surface area is 575 Å². The molecule has 12 aromatic heterocycles. The van der Waals surface area contributed by atoms with Gasteiger partial charge in [-0.2, -0.15) is 0 Å². The summed E-state index contributed by atoms with van der Waals surface area (Å²) in [5.41, 5.74) is 5.81. The fraction of sp³-hybridized carbons (Fsp3) is 0.236. The smallest absolute Gasteiger partial charge is 0.270 e. The molecular formula is C72H74FN13O11S2. The molecule has 1 aromatic carbocycles. The number of unbranched alkanes of at least 4 members (excludes halogenated alkanes) is 2. The average Bonchev–Trinajstić information content (AvgIpc) is 0.835. The third kappa shape index (κ3) is 17.7. The van der Waals surface area contributed by atoms with E-state index in [0.29, 0.717) is 61.6 Å². The number of aromatic nitrogens is 12. The maximum Gasteiger partial charge on any atom is 0.270 e. The number of pyridine rings is 6. The molecule has 13 aromatic rings. The number of hydrogen-bond acceptors (Lipinski definition) is 19. The van der Waals surface area contributed by atoms with Gasteiger partial charge in [0.25, 0.3) is 28.1 Å². The number of hydrogen-bond donors (Lipinski definition) is 7. The van der Waals surface area contributed by atoms with Gasteiger partial charge in [-0.05, 0) is 135 Å². The van der Waals surface area contributed by atoms with Crippen molar-refractivity contribution in [1.82, 2.24) is 61.6 Å². The van der Waals surface area contributed by atoms with Crippen molar-refractivity contribution in [3.05, 3.63) is 267 Å². The lowest BCUT2D eigenvalue weighted by molar-refractivity contribution is 0.0948. The highest BCUT2D eigenvalue weighted by Gasteiger charge is 2.16. The summed E-state index contributed by atoms with van der Waals surface area (Å²) in [6, 6.07) is 24.7.